The molecule has 0 saturated carbocycles. The van der Waals surface area contributed by atoms with E-state index in [0.717, 1.165) is 13.0 Å². The molecule has 1 unspecified atom stereocenters. The average Bonchev–Trinajstić information content (AvgIpc) is 2.17. The Labute approximate surface area is 86.0 Å². The summed E-state index contributed by atoms with van der Waals surface area (Å²) in [6.45, 7) is 5.21. The van der Waals surface area contributed by atoms with Crippen LogP contribution in [0.3, 0.4) is 0 Å². The molecule has 1 rings (SSSR count). The van der Waals surface area contributed by atoms with E-state index in [9.17, 15) is 0 Å². The van der Waals surface area contributed by atoms with Crippen molar-refractivity contribution in [3.05, 3.63) is 35.4 Å². The summed E-state index contributed by atoms with van der Waals surface area (Å²) >= 11 is 0. The van der Waals surface area contributed by atoms with Crippen LogP contribution in [0, 0.1) is 6.92 Å². The van der Waals surface area contributed by atoms with Gasteiger partial charge in [-0.15, -0.1) is 0 Å². The molecular formula is C12H19NO. The van der Waals surface area contributed by atoms with Gasteiger partial charge in [0.25, 0.3) is 0 Å². The molecule has 78 valence electrons. The van der Waals surface area contributed by atoms with Crippen molar-refractivity contribution in [1.29, 1.82) is 0 Å². The fourth-order valence-electron chi connectivity index (χ4n) is 1.40. The van der Waals surface area contributed by atoms with Crippen LogP contribution in [-0.2, 0) is 6.42 Å². The van der Waals surface area contributed by atoms with Gasteiger partial charge in [0, 0.05) is 6.04 Å². The first-order valence-corrected chi connectivity index (χ1v) is 5.12. The second-order valence-electron chi connectivity index (χ2n) is 3.78. The Balaban J connectivity index is 2.31. The van der Waals surface area contributed by atoms with E-state index >= 15 is 0 Å². The molecule has 0 saturated heterocycles. The number of aliphatic hydroxyl groups excluding tert-OH is 1. The Morgan fingerprint density at radius 3 is 2.86 bits per heavy atom. The summed E-state index contributed by atoms with van der Waals surface area (Å²) in [6.07, 6.45) is 1.02. The van der Waals surface area contributed by atoms with Gasteiger partial charge >= 0.3 is 0 Å². The zero-order valence-corrected chi connectivity index (χ0v) is 8.96. The molecule has 1 aromatic carbocycles. The molecule has 0 aliphatic heterocycles. The van der Waals surface area contributed by atoms with Crippen LogP contribution in [0.2, 0.25) is 0 Å². The van der Waals surface area contributed by atoms with Crippen molar-refractivity contribution in [2.45, 2.75) is 26.3 Å². The molecule has 0 aliphatic carbocycles. The van der Waals surface area contributed by atoms with Crippen LogP contribution in [0.4, 0.5) is 0 Å². The third-order valence-corrected chi connectivity index (χ3v) is 2.26. The molecule has 0 aromatic heterocycles. The minimum Gasteiger partial charge on any atom is -0.395 e. The summed E-state index contributed by atoms with van der Waals surface area (Å²) in [7, 11) is 0. The summed E-state index contributed by atoms with van der Waals surface area (Å²) in [6, 6.07) is 8.72. The molecule has 0 heterocycles. The van der Waals surface area contributed by atoms with Gasteiger partial charge in [0.15, 0.2) is 0 Å². The van der Waals surface area contributed by atoms with Crippen molar-refractivity contribution in [3.8, 4) is 0 Å². The highest BCUT2D eigenvalue weighted by atomic mass is 16.3. The van der Waals surface area contributed by atoms with Gasteiger partial charge < -0.3 is 10.4 Å². The summed E-state index contributed by atoms with van der Waals surface area (Å²) in [4.78, 5) is 0. The summed E-state index contributed by atoms with van der Waals surface area (Å²) < 4.78 is 0. The van der Waals surface area contributed by atoms with Gasteiger partial charge in [-0.3, -0.25) is 0 Å². The Kier molecular flexibility index (Phi) is 4.63. The van der Waals surface area contributed by atoms with Gasteiger partial charge in [-0.1, -0.05) is 29.8 Å². The van der Waals surface area contributed by atoms with Crippen LogP contribution in [0.5, 0.6) is 0 Å². The van der Waals surface area contributed by atoms with Crippen LogP contribution in [0.15, 0.2) is 24.3 Å². The lowest BCUT2D eigenvalue weighted by atomic mass is 10.1. The average molecular weight is 193 g/mol. The second-order valence-corrected chi connectivity index (χ2v) is 3.78. The molecule has 2 N–H and O–H groups in total. The number of aryl methyl sites for hydroxylation is 1. The van der Waals surface area contributed by atoms with E-state index in [4.69, 9.17) is 5.11 Å². The van der Waals surface area contributed by atoms with Crippen LogP contribution < -0.4 is 5.32 Å². The predicted molar refractivity (Wildman–Crippen MR) is 59.4 cm³/mol. The topological polar surface area (TPSA) is 32.3 Å². The first-order valence-electron chi connectivity index (χ1n) is 5.12. The molecule has 0 radical (unpaired) electrons. The first-order chi connectivity index (χ1) is 6.72. The van der Waals surface area contributed by atoms with E-state index in [1.54, 1.807) is 0 Å². The van der Waals surface area contributed by atoms with Crippen molar-refractivity contribution < 1.29 is 5.11 Å². The summed E-state index contributed by atoms with van der Waals surface area (Å²) in [5.74, 6) is 0. The Hall–Kier alpha value is -0.860. The lowest BCUT2D eigenvalue weighted by Gasteiger charge is -2.10. The maximum atomic E-state index is 8.81. The minimum absolute atomic E-state index is 0.194. The van der Waals surface area contributed by atoms with Crippen molar-refractivity contribution >= 4 is 0 Å². The van der Waals surface area contributed by atoms with Crippen molar-refractivity contribution in [1.82, 2.24) is 5.32 Å². The largest absolute Gasteiger partial charge is 0.395 e. The minimum atomic E-state index is 0.194. The van der Waals surface area contributed by atoms with Gasteiger partial charge in [0.1, 0.15) is 0 Å². The van der Waals surface area contributed by atoms with Gasteiger partial charge in [-0.2, -0.15) is 0 Å². The molecule has 0 bridgehead atoms. The maximum Gasteiger partial charge on any atom is 0.0581 e. The lowest BCUT2D eigenvalue weighted by molar-refractivity contribution is 0.252. The monoisotopic (exact) mass is 193 g/mol. The van der Waals surface area contributed by atoms with Crippen LogP contribution in [0.1, 0.15) is 18.1 Å². The highest BCUT2D eigenvalue weighted by Gasteiger charge is 1.98. The van der Waals surface area contributed by atoms with E-state index in [0.29, 0.717) is 0 Å². The van der Waals surface area contributed by atoms with Crippen molar-refractivity contribution in [2.24, 2.45) is 0 Å². The number of benzene rings is 1. The van der Waals surface area contributed by atoms with Crippen molar-refractivity contribution in [2.75, 3.05) is 13.2 Å². The number of rotatable bonds is 5. The SMILES string of the molecule is Cc1cccc(CCNC(C)CO)c1. The zero-order valence-electron chi connectivity index (χ0n) is 8.96. The van der Waals surface area contributed by atoms with E-state index in [1.807, 2.05) is 6.92 Å². The molecule has 1 aromatic rings. The quantitative estimate of drug-likeness (QED) is 0.743. The van der Waals surface area contributed by atoms with Gasteiger partial charge in [-0.05, 0) is 32.4 Å². The van der Waals surface area contributed by atoms with E-state index in [1.165, 1.54) is 11.1 Å². The number of hydrogen-bond donors (Lipinski definition) is 2. The molecule has 2 nitrogen and oxygen atoms in total. The normalized spacial score (nSPS) is 12.8. The smallest absolute Gasteiger partial charge is 0.0581 e. The Bertz CT molecular complexity index is 273. The third-order valence-electron chi connectivity index (χ3n) is 2.26. The zero-order chi connectivity index (χ0) is 10.4. The van der Waals surface area contributed by atoms with Gasteiger partial charge in [0.2, 0.25) is 0 Å². The lowest BCUT2D eigenvalue weighted by Crippen LogP contribution is -2.30. The standard InChI is InChI=1S/C12H19NO/c1-10-4-3-5-12(8-10)6-7-13-11(2)9-14/h3-5,8,11,13-14H,6-7,9H2,1-2H3. The molecule has 0 fully saturated rings. The van der Waals surface area contributed by atoms with E-state index in [-0.39, 0.29) is 12.6 Å². The molecule has 2 heteroatoms. The first kappa shape index (κ1) is 11.2. The third kappa shape index (κ3) is 3.90. The molecule has 0 amide bonds. The van der Waals surface area contributed by atoms with Crippen LogP contribution >= 0.6 is 0 Å². The number of hydrogen-bond acceptors (Lipinski definition) is 2. The van der Waals surface area contributed by atoms with E-state index in [2.05, 4.69) is 36.5 Å². The highest BCUT2D eigenvalue weighted by molar-refractivity contribution is 5.22. The van der Waals surface area contributed by atoms with Crippen LogP contribution in [-0.4, -0.2) is 24.3 Å². The van der Waals surface area contributed by atoms with Crippen LogP contribution in [0.25, 0.3) is 0 Å². The number of nitrogens with one attached hydrogen (secondary N) is 1. The highest BCUT2D eigenvalue weighted by Crippen LogP contribution is 2.03. The summed E-state index contributed by atoms with van der Waals surface area (Å²) in [5, 5.41) is 12.1. The Morgan fingerprint density at radius 2 is 2.21 bits per heavy atom. The molecule has 1 atom stereocenters. The fraction of sp³-hybridized carbons (Fsp3) is 0.500. The molecule has 0 aliphatic rings. The second kappa shape index (κ2) is 5.78. The predicted octanol–water partition coefficient (Wildman–Crippen LogP) is 1.51. The molecular weight excluding hydrogens is 174 g/mol. The van der Waals surface area contributed by atoms with E-state index < -0.39 is 0 Å². The summed E-state index contributed by atoms with van der Waals surface area (Å²) in [5.41, 5.74) is 2.65. The molecule has 14 heavy (non-hydrogen) atoms. The Morgan fingerprint density at radius 1 is 1.43 bits per heavy atom. The van der Waals surface area contributed by atoms with Crippen molar-refractivity contribution in [3.63, 3.8) is 0 Å². The number of aliphatic hydroxyl groups is 1. The van der Waals surface area contributed by atoms with Gasteiger partial charge in [0.05, 0.1) is 6.61 Å². The fourth-order valence-corrected chi connectivity index (χ4v) is 1.40. The maximum absolute atomic E-state index is 8.81. The van der Waals surface area contributed by atoms with Gasteiger partial charge in [-0.25, -0.2) is 0 Å². The molecule has 0 spiro atoms.